The van der Waals surface area contributed by atoms with Crippen molar-refractivity contribution >= 4 is 11.6 Å². The van der Waals surface area contributed by atoms with Crippen LogP contribution in [0.4, 0.5) is 5.69 Å². The number of aryl methyl sites for hydroxylation is 2. The number of nitrogens with one attached hydrogen (secondary N) is 1. The first-order valence-corrected chi connectivity index (χ1v) is 7.73. The van der Waals surface area contributed by atoms with E-state index in [9.17, 15) is 4.79 Å². The lowest BCUT2D eigenvalue weighted by atomic mass is 10.1. The molecule has 3 heteroatoms. The highest BCUT2D eigenvalue weighted by molar-refractivity contribution is 5.81. The summed E-state index contributed by atoms with van der Waals surface area (Å²) in [5, 5.41) is 2.98. The molecular formula is C19H24N2O. The Balaban J connectivity index is 1.68. The van der Waals surface area contributed by atoms with Crippen LogP contribution in [0.1, 0.15) is 17.5 Å². The molecule has 0 heterocycles. The summed E-state index contributed by atoms with van der Waals surface area (Å²) in [4.78, 5) is 13.9. The van der Waals surface area contributed by atoms with Gasteiger partial charge in [0.05, 0.1) is 6.54 Å². The summed E-state index contributed by atoms with van der Waals surface area (Å²) >= 11 is 0. The maximum atomic E-state index is 12.0. The first kappa shape index (κ1) is 16.1. The number of amides is 1. The van der Waals surface area contributed by atoms with Crippen molar-refractivity contribution in [3.05, 3.63) is 65.7 Å². The van der Waals surface area contributed by atoms with Crippen molar-refractivity contribution < 1.29 is 4.79 Å². The van der Waals surface area contributed by atoms with Crippen LogP contribution in [0.25, 0.3) is 0 Å². The van der Waals surface area contributed by atoms with Crippen LogP contribution in [0.15, 0.2) is 54.6 Å². The van der Waals surface area contributed by atoms with E-state index in [0.717, 1.165) is 25.1 Å². The zero-order valence-corrected chi connectivity index (χ0v) is 13.4. The summed E-state index contributed by atoms with van der Waals surface area (Å²) in [6, 6.07) is 18.5. The number of nitrogens with zero attached hydrogens (tertiary/aromatic N) is 1. The van der Waals surface area contributed by atoms with Crippen molar-refractivity contribution in [1.82, 2.24) is 5.32 Å². The second kappa shape index (κ2) is 8.23. The Morgan fingerprint density at radius 3 is 2.41 bits per heavy atom. The van der Waals surface area contributed by atoms with Gasteiger partial charge in [0.25, 0.3) is 0 Å². The van der Waals surface area contributed by atoms with Gasteiger partial charge < -0.3 is 10.2 Å². The molecule has 0 fully saturated rings. The Morgan fingerprint density at radius 2 is 1.73 bits per heavy atom. The Labute approximate surface area is 133 Å². The van der Waals surface area contributed by atoms with Crippen LogP contribution in [0, 0.1) is 6.92 Å². The normalized spacial score (nSPS) is 10.3. The molecule has 0 atom stereocenters. The third-order valence-corrected chi connectivity index (χ3v) is 3.66. The molecule has 3 nitrogen and oxygen atoms in total. The number of benzene rings is 2. The number of rotatable bonds is 7. The maximum absolute atomic E-state index is 12.0. The molecule has 0 spiro atoms. The molecule has 0 aliphatic rings. The molecule has 0 saturated carbocycles. The van der Waals surface area contributed by atoms with E-state index >= 15 is 0 Å². The molecule has 22 heavy (non-hydrogen) atoms. The molecule has 2 aromatic carbocycles. The lowest BCUT2D eigenvalue weighted by molar-refractivity contribution is -0.119. The fourth-order valence-electron chi connectivity index (χ4n) is 2.33. The third-order valence-electron chi connectivity index (χ3n) is 3.66. The molecular weight excluding hydrogens is 272 g/mol. The zero-order chi connectivity index (χ0) is 15.8. The largest absolute Gasteiger partial charge is 0.365 e. The lowest BCUT2D eigenvalue weighted by Crippen LogP contribution is -2.35. The van der Waals surface area contributed by atoms with Crippen molar-refractivity contribution in [2.45, 2.75) is 19.8 Å². The van der Waals surface area contributed by atoms with E-state index in [4.69, 9.17) is 0 Å². The molecule has 0 aliphatic carbocycles. The van der Waals surface area contributed by atoms with E-state index in [2.05, 4.69) is 36.5 Å². The van der Waals surface area contributed by atoms with Gasteiger partial charge in [-0.1, -0.05) is 48.0 Å². The van der Waals surface area contributed by atoms with Gasteiger partial charge in [-0.2, -0.15) is 0 Å². The van der Waals surface area contributed by atoms with Crippen LogP contribution >= 0.6 is 0 Å². The number of carbonyl (C=O) groups is 1. The molecule has 2 rings (SSSR count). The van der Waals surface area contributed by atoms with Crippen molar-refractivity contribution in [2.24, 2.45) is 0 Å². The van der Waals surface area contributed by atoms with Gasteiger partial charge in [0.15, 0.2) is 0 Å². The molecule has 0 unspecified atom stereocenters. The Kier molecular flexibility index (Phi) is 6.01. The van der Waals surface area contributed by atoms with E-state index in [1.54, 1.807) is 0 Å². The Morgan fingerprint density at radius 1 is 1.05 bits per heavy atom. The number of hydrogen-bond acceptors (Lipinski definition) is 2. The van der Waals surface area contributed by atoms with Crippen LogP contribution < -0.4 is 10.2 Å². The van der Waals surface area contributed by atoms with E-state index in [0.29, 0.717) is 6.54 Å². The molecule has 0 bridgehead atoms. The number of carbonyl (C=O) groups excluding carboxylic acids is 1. The first-order valence-electron chi connectivity index (χ1n) is 7.73. The smallest absolute Gasteiger partial charge is 0.239 e. The molecule has 0 aliphatic heterocycles. The highest BCUT2D eigenvalue weighted by Gasteiger charge is 2.06. The maximum Gasteiger partial charge on any atom is 0.239 e. The zero-order valence-electron chi connectivity index (χ0n) is 13.4. The van der Waals surface area contributed by atoms with Crippen molar-refractivity contribution in [2.75, 3.05) is 25.0 Å². The minimum atomic E-state index is 0.0659. The van der Waals surface area contributed by atoms with Crippen LogP contribution in [-0.4, -0.2) is 26.0 Å². The van der Waals surface area contributed by atoms with Crippen LogP contribution in [0.3, 0.4) is 0 Å². The topological polar surface area (TPSA) is 32.3 Å². The summed E-state index contributed by atoms with van der Waals surface area (Å²) in [7, 11) is 1.94. The van der Waals surface area contributed by atoms with Gasteiger partial charge in [0, 0.05) is 19.3 Å². The minimum absolute atomic E-state index is 0.0659. The summed E-state index contributed by atoms with van der Waals surface area (Å²) in [5.74, 6) is 0.0659. The first-order chi connectivity index (χ1) is 10.6. The molecule has 2 aromatic rings. The van der Waals surface area contributed by atoms with Gasteiger partial charge in [0.1, 0.15) is 0 Å². The van der Waals surface area contributed by atoms with Gasteiger partial charge in [-0.25, -0.2) is 0 Å². The van der Waals surface area contributed by atoms with E-state index in [-0.39, 0.29) is 5.91 Å². The molecule has 0 radical (unpaired) electrons. The van der Waals surface area contributed by atoms with E-state index in [1.807, 2.05) is 42.3 Å². The van der Waals surface area contributed by atoms with Crippen molar-refractivity contribution in [3.8, 4) is 0 Å². The third kappa shape index (κ3) is 5.24. The van der Waals surface area contributed by atoms with Gasteiger partial charge in [-0.05, 0) is 37.5 Å². The van der Waals surface area contributed by atoms with Crippen LogP contribution in [0.5, 0.6) is 0 Å². The predicted molar refractivity (Wildman–Crippen MR) is 92.2 cm³/mol. The Bertz CT molecular complexity index is 578. The molecule has 0 aromatic heterocycles. The SMILES string of the molecule is Cc1ccc(N(C)CC(=O)NCCCc2ccccc2)cc1. The second-order valence-corrected chi connectivity index (χ2v) is 5.63. The molecule has 1 N–H and O–H groups in total. The summed E-state index contributed by atoms with van der Waals surface area (Å²) < 4.78 is 0. The van der Waals surface area contributed by atoms with Gasteiger partial charge in [-0.15, -0.1) is 0 Å². The Hall–Kier alpha value is -2.29. The lowest BCUT2D eigenvalue weighted by Gasteiger charge is -2.19. The van der Waals surface area contributed by atoms with Gasteiger partial charge in [0.2, 0.25) is 5.91 Å². The molecule has 116 valence electrons. The van der Waals surface area contributed by atoms with E-state index < -0.39 is 0 Å². The number of likely N-dealkylation sites (N-methyl/N-ethyl adjacent to an activating group) is 1. The monoisotopic (exact) mass is 296 g/mol. The fraction of sp³-hybridized carbons (Fsp3) is 0.316. The van der Waals surface area contributed by atoms with E-state index in [1.165, 1.54) is 11.1 Å². The van der Waals surface area contributed by atoms with Crippen LogP contribution in [-0.2, 0) is 11.2 Å². The summed E-state index contributed by atoms with van der Waals surface area (Å²) in [6.07, 6.45) is 1.96. The van der Waals surface area contributed by atoms with Crippen molar-refractivity contribution in [1.29, 1.82) is 0 Å². The predicted octanol–water partition coefficient (Wildman–Crippen LogP) is 3.18. The van der Waals surface area contributed by atoms with Crippen molar-refractivity contribution in [3.63, 3.8) is 0 Å². The summed E-state index contributed by atoms with van der Waals surface area (Å²) in [6.45, 7) is 3.16. The summed E-state index contributed by atoms with van der Waals surface area (Å²) in [5.41, 5.74) is 3.60. The molecule has 1 amide bonds. The second-order valence-electron chi connectivity index (χ2n) is 5.63. The van der Waals surface area contributed by atoms with Gasteiger partial charge in [-0.3, -0.25) is 4.79 Å². The fourth-order valence-corrected chi connectivity index (χ4v) is 2.33. The van der Waals surface area contributed by atoms with Gasteiger partial charge >= 0.3 is 0 Å². The average Bonchev–Trinajstić information content (AvgIpc) is 2.53. The standard InChI is InChI=1S/C19H24N2O/c1-16-10-12-18(13-11-16)21(2)15-19(22)20-14-6-9-17-7-4-3-5-8-17/h3-5,7-8,10-13H,6,9,14-15H2,1-2H3,(H,20,22). The number of anilines is 1. The minimum Gasteiger partial charge on any atom is -0.365 e. The highest BCUT2D eigenvalue weighted by Crippen LogP contribution is 2.12. The highest BCUT2D eigenvalue weighted by atomic mass is 16.2. The van der Waals surface area contributed by atoms with Crippen LogP contribution in [0.2, 0.25) is 0 Å². The quantitative estimate of drug-likeness (QED) is 0.796. The number of hydrogen-bond donors (Lipinski definition) is 1. The molecule has 0 saturated heterocycles. The average molecular weight is 296 g/mol.